The van der Waals surface area contributed by atoms with E-state index in [0.717, 1.165) is 22.8 Å². The van der Waals surface area contributed by atoms with Crippen molar-refractivity contribution in [3.8, 4) is 6.07 Å². The number of fused-ring (bicyclic) bond motifs is 1. The van der Waals surface area contributed by atoms with Crippen LogP contribution in [0.3, 0.4) is 0 Å². The van der Waals surface area contributed by atoms with Crippen molar-refractivity contribution in [2.45, 2.75) is 6.92 Å². The zero-order valence-electron chi connectivity index (χ0n) is 9.43. The van der Waals surface area contributed by atoms with Crippen molar-refractivity contribution >= 4 is 40.0 Å². The average Bonchev–Trinajstić information content (AvgIpc) is 2.80. The van der Waals surface area contributed by atoms with E-state index in [2.05, 4.69) is 19.3 Å². The molecule has 8 heteroatoms. The summed E-state index contributed by atoms with van der Waals surface area (Å²) in [6, 6.07) is 5.47. The van der Waals surface area contributed by atoms with Crippen LogP contribution in [0.2, 0.25) is 0 Å². The minimum absolute atomic E-state index is 0.172. The number of nitriles is 1. The van der Waals surface area contributed by atoms with Gasteiger partial charge < -0.3 is 5.73 Å². The van der Waals surface area contributed by atoms with Crippen LogP contribution in [0, 0.1) is 23.7 Å². The smallest absolute Gasteiger partial charge is 0.201 e. The predicted molar refractivity (Wildman–Crippen MR) is 70.7 cm³/mol. The van der Waals surface area contributed by atoms with Crippen LogP contribution < -0.4 is 11.2 Å². The molecule has 1 aromatic carbocycles. The molecule has 0 bridgehead atoms. The standard InChI is InChI=1S/C10H9N7S/c1-5-2-3-6-9(17-18-16-6)8(5)15-14-7(4-11)10(12)13/h2-3,15H,1H3,(H3,12,13)/b14-7+. The van der Waals surface area contributed by atoms with Gasteiger partial charge in [0.05, 0.1) is 17.4 Å². The van der Waals surface area contributed by atoms with E-state index >= 15 is 0 Å². The summed E-state index contributed by atoms with van der Waals surface area (Å²) in [6.07, 6.45) is 0. The summed E-state index contributed by atoms with van der Waals surface area (Å²) in [5.74, 6) is -0.383. The first-order valence-electron chi connectivity index (χ1n) is 4.93. The van der Waals surface area contributed by atoms with Crippen LogP contribution in [-0.2, 0) is 0 Å². The number of nitrogens with one attached hydrogen (secondary N) is 2. The van der Waals surface area contributed by atoms with E-state index in [1.165, 1.54) is 0 Å². The van der Waals surface area contributed by atoms with Gasteiger partial charge in [-0.25, -0.2) is 0 Å². The van der Waals surface area contributed by atoms with Crippen molar-refractivity contribution in [1.82, 2.24) is 8.75 Å². The lowest BCUT2D eigenvalue weighted by Crippen LogP contribution is -2.22. The van der Waals surface area contributed by atoms with Gasteiger partial charge in [-0.1, -0.05) is 6.07 Å². The molecular weight excluding hydrogens is 250 g/mol. The number of hydrogen-bond donors (Lipinski definition) is 3. The Balaban J connectivity index is 2.43. The first kappa shape index (κ1) is 11.9. The number of rotatable bonds is 3. The van der Waals surface area contributed by atoms with Gasteiger partial charge in [-0.15, -0.1) is 0 Å². The van der Waals surface area contributed by atoms with Gasteiger partial charge in [-0.05, 0) is 18.6 Å². The lowest BCUT2D eigenvalue weighted by Gasteiger charge is -2.05. The van der Waals surface area contributed by atoms with Gasteiger partial charge in [0.15, 0.2) is 5.84 Å². The monoisotopic (exact) mass is 259 g/mol. The quantitative estimate of drug-likeness (QED) is 0.434. The molecule has 0 spiro atoms. The molecule has 0 aliphatic carbocycles. The molecule has 0 amide bonds. The molecule has 0 fully saturated rings. The summed E-state index contributed by atoms with van der Waals surface area (Å²) in [4.78, 5) is 0. The van der Waals surface area contributed by atoms with Gasteiger partial charge in [0, 0.05) is 0 Å². The van der Waals surface area contributed by atoms with Gasteiger partial charge >= 0.3 is 0 Å². The molecule has 0 aliphatic rings. The fraction of sp³-hybridized carbons (Fsp3) is 0.100. The molecule has 90 valence electrons. The van der Waals surface area contributed by atoms with Crippen LogP contribution in [-0.4, -0.2) is 20.3 Å². The van der Waals surface area contributed by atoms with Crippen LogP contribution in [0.25, 0.3) is 11.0 Å². The minimum Gasteiger partial charge on any atom is -0.382 e. The highest BCUT2D eigenvalue weighted by atomic mass is 32.1. The summed E-state index contributed by atoms with van der Waals surface area (Å²) in [5, 5.41) is 19.7. The van der Waals surface area contributed by atoms with Crippen molar-refractivity contribution in [2.24, 2.45) is 10.8 Å². The van der Waals surface area contributed by atoms with Crippen molar-refractivity contribution < 1.29 is 0 Å². The largest absolute Gasteiger partial charge is 0.382 e. The second kappa shape index (κ2) is 4.77. The van der Waals surface area contributed by atoms with E-state index in [1.807, 2.05) is 19.1 Å². The van der Waals surface area contributed by atoms with Crippen LogP contribution in [0.1, 0.15) is 5.56 Å². The number of aromatic nitrogens is 2. The van der Waals surface area contributed by atoms with Gasteiger partial charge in [-0.3, -0.25) is 10.8 Å². The fourth-order valence-electron chi connectivity index (χ4n) is 1.35. The van der Waals surface area contributed by atoms with Crippen molar-refractivity contribution in [1.29, 1.82) is 10.7 Å². The number of anilines is 1. The van der Waals surface area contributed by atoms with E-state index in [9.17, 15) is 0 Å². The molecular formula is C10H9N7S. The molecule has 2 rings (SSSR count). The third-order valence-electron chi connectivity index (χ3n) is 2.28. The Kier molecular flexibility index (Phi) is 3.16. The summed E-state index contributed by atoms with van der Waals surface area (Å²) in [5.41, 5.74) is 10.8. The molecule has 7 nitrogen and oxygen atoms in total. The molecule has 0 unspecified atom stereocenters. The maximum absolute atomic E-state index is 8.75. The third-order valence-corrected chi connectivity index (χ3v) is 2.82. The highest BCUT2D eigenvalue weighted by Crippen LogP contribution is 2.25. The predicted octanol–water partition coefficient (Wildman–Crippen LogP) is 1.23. The number of hydrogen-bond acceptors (Lipinski definition) is 7. The van der Waals surface area contributed by atoms with Gasteiger partial charge in [0.2, 0.25) is 5.71 Å². The minimum atomic E-state index is -0.383. The molecule has 4 N–H and O–H groups in total. The summed E-state index contributed by atoms with van der Waals surface area (Å²) in [7, 11) is 0. The van der Waals surface area contributed by atoms with Gasteiger partial charge in [0.1, 0.15) is 17.1 Å². The topological polar surface area (TPSA) is 124 Å². The van der Waals surface area contributed by atoms with E-state index in [4.69, 9.17) is 16.4 Å². The van der Waals surface area contributed by atoms with E-state index in [1.54, 1.807) is 6.07 Å². The second-order valence-corrected chi connectivity index (χ2v) is 4.02. The molecule has 0 saturated carbocycles. The summed E-state index contributed by atoms with van der Waals surface area (Å²) in [6.45, 7) is 1.89. The molecule has 0 atom stereocenters. The Morgan fingerprint density at radius 1 is 1.56 bits per heavy atom. The number of aryl methyl sites for hydroxylation is 1. The molecule has 2 aromatic rings. The third kappa shape index (κ3) is 2.11. The zero-order valence-corrected chi connectivity index (χ0v) is 10.2. The number of benzene rings is 1. The Morgan fingerprint density at radius 3 is 3.00 bits per heavy atom. The normalized spacial score (nSPS) is 11.2. The number of hydrazone groups is 1. The Hall–Kier alpha value is -2.53. The highest BCUT2D eigenvalue weighted by Gasteiger charge is 2.09. The average molecular weight is 259 g/mol. The molecule has 0 radical (unpaired) electrons. The maximum Gasteiger partial charge on any atom is 0.201 e. The van der Waals surface area contributed by atoms with Crippen LogP contribution in [0.5, 0.6) is 0 Å². The Morgan fingerprint density at radius 2 is 2.33 bits per heavy atom. The summed E-state index contributed by atoms with van der Waals surface area (Å²) < 4.78 is 8.27. The Labute approximate surface area is 107 Å². The van der Waals surface area contributed by atoms with Crippen LogP contribution in [0.4, 0.5) is 5.69 Å². The summed E-state index contributed by atoms with van der Waals surface area (Å²) >= 11 is 1.10. The van der Waals surface area contributed by atoms with Crippen molar-refractivity contribution in [3.05, 3.63) is 17.7 Å². The van der Waals surface area contributed by atoms with Crippen molar-refractivity contribution in [3.63, 3.8) is 0 Å². The lowest BCUT2D eigenvalue weighted by atomic mass is 10.2. The molecule has 1 aromatic heterocycles. The van der Waals surface area contributed by atoms with Crippen LogP contribution in [0.15, 0.2) is 17.2 Å². The van der Waals surface area contributed by atoms with Gasteiger partial charge in [-0.2, -0.15) is 19.1 Å². The fourth-order valence-corrected chi connectivity index (χ4v) is 1.89. The van der Waals surface area contributed by atoms with E-state index in [-0.39, 0.29) is 11.5 Å². The molecule has 1 heterocycles. The first-order chi connectivity index (χ1) is 8.63. The number of nitrogens with two attached hydrogens (primary N) is 1. The molecule has 0 saturated heterocycles. The SMILES string of the molecule is Cc1ccc2nsnc2c1N/N=C(\C#N)C(=N)N. The lowest BCUT2D eigenvalue weighted by molar-refractivity contribution is 1.31. The van der Waals surface area contributed by atoms with Crippen molar-refractivity contribution in [2.75, 3.05) is 5.43 Å². The molecule has 0 aliphatic heterocycles. The second-order valence-electron chi connectivity index (χ2n) is 3.49. The Bertz CT molecular complexity index is 679. The van der Waals surface area contributed by atoms with E-state index < -0.39 is 0 Å². The van der Waals surface area contributed by atoms with E-state index in [0.29, 0.717) is 11.2 Å². The molecule has 18 heavy (non-hydrogen) atoms. The van der Waals surface area contributed by atoms with Gasteiger partial charge in [0.25, 0.3) is 0 Å². The van der Waals surface area contributed by atoms with Crippen LogP contribution >= 0.6 is 11.7 Å². The number of nitrogens with zero attached hydrogens (tertiary/aromatic N) is 4. The highest BCUT2D eigenvalue weighted by molar-refractivity contribution is 7.00. The zero-order chi connectivity index (χ0) is 13.1. The maximum atomic E-state index is 8.75. The first-order valence-corrected chi connectivity index (χ1v) is 5.66. The number of amidine groups is 1.